The summed E-state index contributed by atoms with van der Waals surface area (Å²) in [5, 5.41) is 3.16. The van der Waals surface area contributed by atoms with Crippen molar-refractivity contribution in [3.8, 4) is 0 Å². The molecule has 3 N–H and O–H groups in total. The van der Waals surface area contributed by atoms with Crippen LogP contribution in [0.4, 0.5) is 0 Å². The van der Waals surface area contributed by atoms with Gasteiger partial charge in [-0.05, 0) is 13.0 Å². The highest BCUT2D eigenvalue weighted by Crippen LogP contribution is 1.92. The van der Waals surface area contributed by atoms with Crippen LogP contribution in [0.1, 0.15) is 11.5 Å². The maximum atomic E-state index is 5.33. The summed E-state index contributed by atoms with van der Waals surface area (Å²) in [5.41, 5.74) is 6.34. The summed E-state index contributed by atoms with van der Waals surface area (Å²) in [6.07, 6.45) is 1.77. The van der Waals surface area contributed by atoms with Crippen molar-refractivity contribution < 1.29 is 0 Å². The van der Waals surface area contributed by atoms with Crippen LogP contribution < -0.4 is 11.1 Å². The first-order valence-electron chi connectivity index (χ1n) is 4.02. The first-order valence-corrected chi connectivity index (χ1v) is 4.02. The van der Waals surface area contributed by atoms with Crippen molar-refractivity contribution >= 4 is 0 Å². The third kappa shape index (κ3) is 2.94. The van der Waals surface area contributed by atoms with Crippen LogP contribution in [0.2, 0.25) is 0 Å². The second-order valence-electron chi connectivity index (χ2n) is 2.56. The third-order valence-corrected chi connectivity index (χ3v) is 1.46. The maximum absolute atomic E-state index is 5.33. The molecule has 0 spiro atoms. The lowest BCUT2D eigenvalue weighted by atomic mass is 10.4. The molecule has 0 radical (unpaired) electrons. The fourth-order valence-corrected chi connectivity index (χ4v) is 0.922. The Morgan fingerprint density at radius 3 is 3.08 bits per heavy atom. The minimum Gasteiger partial charge on any atom is -0.329 e. The van der Waals surface area contributed by atoms with Crippen LogP contribution in [-0.2, 0) is 6.54 Å². The number of hydrogen-bond acceptors (Lipinski definition) is 4. The van der Waals surface area contributed by atoms with Gasteiger partial charge in [0.2, 0.25) is 0 Å². The number of hydrogen-bond donors (Lipinski definition) is 2. The lowest BCUT2D eigenvalue weighted by molar-refractivity contribution is 0.678. The van der Waals surface area contributed by atoms with Crippen molar-refractivity contribution in [3.63, 3.8) is 0 Å². The molecule has 1 aromatic heterocycles. The van der Waals surface area contributed by atoms with Crippen molar-refractivity contribution in [2.75, 3.05) is 13.1 Å². The lowest BCUT2D eigenvalue weighted by Crippen LogP contribution is -2.22. The topological polar surface area (TPSA) is 63.8 Å². The fourth-order valence-electron chi connectivity index (χ4n) is 0.922. The van der Waals surface area contributed by atoms with E-state index in [0.717, 1.165) is 24.6 Å². The van der Waals surface area contributed by atoms with E-state index in [1.165, 1.54) is 0 Å². The van der Waals surface area contributed by atoms with E-state index in [9.17, 15) is 0 Å². The van der Waals surface area contributed by atoms with Crippen molar-refractivity contribution in [1.29, 1.82) is 0 Å². The van der Waals surface area contributed by atoms with Gasteiger partial charge in [-0.2, -0.15) is 0 Å². The van der Waals surface area contributed by atoms with E-state index in [0.29, 0.717) is 6.54 Å². The molecule has 12 heavy (non-hydrogen) atoms. The Kier molecular flexibility index (Phi) is 3.63. The Balaban J connectivity index is 2.41. The number of rotatable bonds is 4. The lowest BCUT2D eigenvalue weighted by Gasteiger charge is -2.01. The minimum atomic E-state index is 0.657. The molecular weight excluding hydrogens is 152 g/mol. The smallest absolute Gasteiger partial charge is 0.125 e. The maximum Gasteiger partial charge on any atom is 0.125 e. The summed E-state index contributed by atoms with van der Waals surface area (Å²) >= 11 is 0. The summed E-state index contributed by atoms with van der Waals surface area (Å²) in [7, 11) is 0. The zero-order chi connectivity index (χ0) is 8.81. The molecule has 0 fully saturated rings. The van der Waals surface area contributed by atoms with E-state index in [1.54, 1.807) is 6.20 Å². The molecule has 0 bridgehead atoms. The van der Waals surface area contributed by atoms with E-state index in [2.05, 4.69) is 15.3 Å². The molecular formula is C8H14N4. The second-order valence-corrected chi connectivity index (χ2v) is 2.56. The van der Waals surface area contributed by atoms with E-state index in [4.69, 9.17) is 5.73 Å². The third-order valence-electron chi connectivity index (χ3n) is 1.46. The zero-order valence-corrected chi connectivity index (χ0v) is 7.25. The zero-order valence-electron chi connectivity index (χ0n) is 7.25. The number of nitrogens with two attached hydrogens (primary N) is 1. The highest BCUT2D eigenvalue weighted by Gasteiger charge is 1.93. The molecule has 4 nitrogen and oxygen atoms in total. The van der Waals surface area contributed by atoms with Crippen molar-refractivity contribution in [2.24, 2.45) is 5.73 Å². The number of nitrogens with zero attached hydrogens (tertiary/aromatic N) is 2. The molecule has 1 heterocycles. The number of aryl methyl sites for hydroxylation is 1. The molecule has 0 saturated heterocycles. The van der Waals surface area contributed by atoms with E-state index < -0.39 is 0 Å². The highest BCUT2D eigenvalue weighted by molar-refractivity contribution is 5.00. The molecule has 0 saturated carbocycles. The molecule has 0 amide bonds. The van der Waals surface area contributed by atoms with E-state index in [1.807, 2.05) is 13.0 Å². The largest absolute Gasteiger partial charge is 0.329 e. The molecule has 0 aromatic carbocycles. The predicted octanol–water partition coefficient (Wildman–Crippen LogP) is -0.167. The van der Waals surface area contributed by atoms with Crippen molar-refractivity contribution in [1.82, 2.24) is 15.3 Å². The van der Waals surface area contributed by atoms with Gasteiger partial charge in [0.25, 0.3) is 0 Å². The van der Waals surface area contributed by atoms with Gasteiger partial charge in [0, 0.05) is 25.8 Å². The normalized spacial score (nSPS) is 10.2. The minimum absolute atomic E-state index is 0.657. The van der Waals surface area contributed by atoms with Gasteiger partial charge >= 0.3 is 0 Å². The molecule has 0 aliphatic rings. The quantitative estimate of drug-likeness (QED) is 0.610. The van der Waals surface area contributed by atoms with Gasteiger partial charge in [0.1, 0.15) is 5.82 Å². The van der Waals surface area contributed by atoms with Gasteiger partial charge < -0.3 is 11.1 Å². The summed E-state index contributed by atoms with van der Waals surface area (Å²) in [6.45, 7) is 4.13. The van der Waals surface area contributed by atoms with Gasteiger partial charge in [-0.25, -0.2) is 9.97 Å². The number of aromatic nitrogens is 2. The number of nitrogens with one attached hydrogen (secondary N) is 1. The summed E-state index contributed by atoms with van der Waals surface area (Å²) < 4.78 is 0. The van der Waals surface area contributed by atoms with Gasteiger partial charge in [0.15, 0.2) is 0 Å². The fraction of sp³-hybridized carbons (Fsp3) is 0.500. The van der Waals surface area contributed by atoms with Crippen molar-refractivity contribution in [3.05, 3.63) is 23.8 Å². The predicted molar refractivity (Wildman–Crippen MR) is 47.5 cm³/mol. The molecule has 0 atom stereocenters. The standard InChI is InChI=1S/C8H14N4/c1-7-11-4-2-8(12-7)6-10-5-3-9/h2,4,10H,3,5-6,9H2,1H3. The van der Waals surface area contributed by atoms with E-state index in [-0.39, 0.29) is 0 Å². The molecule has 0 unspecified atom stereocenters. The SMILES string of the molecule is Cc1nccc(CNCCN)n1. The van der Waals surface area contributed by atoms with Gasteiger partial charge in [-0.1, -0.05) is 0 Å². The molecule has 0 aliphatic carbocycles. The van der Waals surface area contributed by atoms with Crippen LogP contribution in [0.5, 0.6) is 0 Å². The van der Waals surface area contributed by atoms with Crippen LogP contribution in [0.15, 0.2) is 12.3 Å². The highest BCUT2D eigenvalue weighted by atomic mass is 14.9. The average Bonchev–Trinajstić information content (AvgIpc) is 2.05. The second kappa shape index (κ2) is 4.79. The molecule has 0 aliphatic heterocycles. The Labute approximate surface area is 72.2 Å². The van der Waals surface area contributed by atoms with Crippen LogP contribution in [0.25, 0.3) is 0 Å². The summed E-state index contributed by atoms with van der Waals surface area (Å²) in [6, 6.07) is 1.90. The average molecular weight is 166 g/mol. The molecule has 66 valence electrons. The van der Waals surface area contributed by atoms with Crippen LogP contribution in [-0.4, -0.2) is 23.1 Å². The summed E-state index contributed by atoms with van der Waals surface area (Å²) in [4.78, 5) is 8.24. The molecule has 4 heteroatoms. The Hall–Kier alpha value is -1.00. The Morgan fingerprint density at radius 1 is 1.58 bits per heavy atom. The van der Waals surface area contributed by atoms with Crippen LogP contribution >= 0.6 is 0 Å². The summed E-state index contributed by atoms with van der Waals surface area (Å²) in [5.74, 6) is 0.807. The van der Waals surface area contributed by atoms with Gasteiger partial charge in [-0.3, -0.25) is 0 Å². The van der Waals surface area contributed by atoms with Crippen LogP contribution in [0, 0.1) is 6.92 Å². The van der Waals surface area contributed by atoms with Gasteiger partial charge in [-0.15, -0.1) is 0 Å². The Bertz CT molecular complexity index is 236. The van der Waals surface area contributed by atoms with Gasteiger partial charge in [0.05, 0.1) is 5.69 Å². The Morgan fingerprint density at radius 2 is 2.42 bits per heavy atom. The van der Waals surface area contributed by atoms with Crippen LogP contribution in [0.3, 0.4) is 0 Å². The monoisotopic (exact) mass is 166 g/mol. The molecule has 1 aromatic rings. The first-order chi connectivity index (χ1) is 5.83. The van der Waals surface area contributed by atoms with Crippen molar-refractivity contribution in [2.45, 2.75) is 13.5 Å². The molecule has 1 rings (SSSR count). The first kappa shape index (κ1) is 9.09. The van der Waals surface area contributed by atoms with E-state index >= 15 is 0 Å².